The van der Waals surface area contributed by atoms with Crippen LogP contribution in [0.4, 0.5) is 10.5 Å². The van der Waals surface area contributed by atoms with Gasteiger partial charge in [0.2, 0.25) is 5.91 Å². The first-order chi connectivity index (χ1) is 12.0. The Morgan fingerprint density at radius 3 is 2.48 bits per heavy atom. The van der Waals surface area contributed by atoms with Gasteiger partial charge in [-0.25, -0.2) is 4.79 Å². The van der Waals surface area contributed by atoms with Crippen molar-refractivity contribution in [2.75, 3.05) is 18.0 Å². The van der Waals surface area contributed by atoms with Crippen molar-refractivity contribution in [3.8, 4) is 0 Å². The standard InChI is InChI=1S/C19H27N3O3/c1-14(23)16-7-6-10-18(13-16)22(15(2)24)12-11-20-19(25)21-17-8-4-3-5-9-17/h6-7,10,13,17H,3-5,8-9,11-12H2,1-2H3,(H2,20,21,25). The van der Waals surface area contributed by atoms with E-state index in [1.807, 2.05) is 0 Å². The molecule has 2 rings (SSSR count). The van der Waals surface area contributed by atoms with Gasteiger partial charge in [-0.3, -0.25) is 9.59 Å². The number of benzene rings is 1. The minimum absolute atomic E-state index is 0.0460. The number of hydrogen-bond acceptors (Lipinski definition) is 3. The lowest BCUT2D eigenvalue weighted by Crippen LogP contribution is -2.45. The Morgan fingerprint density at radius 1 is 1.12 bits per heavy atom. The molecule has 1 aliphatic rings. The zero-order chi connectivity index (χ0) is 18.2. The highest BCUT2D eigenvalue weighted by Crippen LogP contribution is 2.18. The summed E-state index contributed by atoms with van der Waals surface area (Å²) in [7, 11) is 0. The first kappa shape index (κ1) is 19.0. The molecule has 1 aromatic rings. The molecule has 0 bridgehead atoms. The number of carbonyl (C=O) groups is 3. The molecule has 0 unspecified atom stereocenters. The highest BCUT2D eigenvalue weighted by molar-refractivity contribution is 5.97. The molecule has 1 aromatic carbocycles. The molecule has 2 N–H and O–H groups in total. The van der Waals surface area contributed by atoms with E-state index in [0.717, 1.165) is 25.7 Å². The monoisotopic (exact) mass is 345 g/mol. The normalized spacial score (nSPS) is 14.6. The summed E-state index contributed by atoms with van der Waals surface area (Å²) in [6.45, 7) is 3.67. The molecule has 0 spiro atoms. The summed E-state index contributed by atoms with van der Waals surface area (Å²) < 4.78 is 0. The largest absolute Gasteiger partial charge is 0.336 e. The van der Waals surface area contributed by atoms with Gasteiger partial charge in [-0.2, -0.15) is 0 Å². The number of amides is 3. The van der Waals surface area contributed by atoms with Gasteiger partial charge in [0.25, 0.3) is 0 Å². The maximum Gasteiger partial charge on any atom is 0.315 e. The second-order valence-corrected chi connectivity index (χ2v) is 6.51. The van der Waals surface area contributed by atoms with Crippen LogP contribution in [0.15, 0.2) is 24.3 Å². The van der Waals surface area contributed by atoms with E-state index in [4.69, 9.17) is 0 Å². The van der Waals surface area contributed by atoms with Crippen molar-refractivity contribution in [2.24, 2.45) is 0 Å². The molecular formula is C19H27N3O3. The number of Topliss-reactive ketones (excluding diaryl/α,β-unsaturated/α-hetero) is 1. The number of anilines is 1. The predicted molar refractivity (Wildman–Crippen MR) is 97.9 cm³/mol. The van der Waals surface area contributed by atoms with Crippen molar-refractivity contribution in [2.45, 2.75) is 52.0 Å². The van der Waals surface area contributed by atoms with Crippen LogP contribution in [0, 0.1) is 0 Å². The summed E-state index contributed by atoms with van der Waals surface area (Å²) in [5, 5.41) is 5.80. The smallest absolute Gasteiger partial charge is 0.315 e. The molecule has 0 aromatic heterocycles. The topological polar surface area (TPSA) is 78.5 Å². The van der Waals surface area contributed by atoms with Crippen molar-refractivity contribution >= 4 is 23.4 Å². The van der Waals surface area contributed by atoms with Crippen LogP contribution >= 0.6 is 0 Å². The SMILES string of the molecule is CC(=O)c1cccc(N(CCNC(=O)NC2CCCCC2)C(C)=O)c1. The fourth-order valence-electron chi connectivity index (χ4n) is 3.13. The third-order valence-corrected chi connectivity index (χ3v) is 4.51. The molecular weight excluding hydrogens is 318 g/mol. The van der Waals surface area contributed by atoms with Crippen LogP contribution < -0.4 is 15.5 Å². The molecule has 0 aliphatic heterocycles. The molecule has 1 aliphatic carbocycles. The zero-order valence-corrected chi connectivity index (χ0v) is 15.0. The minimum atomic E-state index is -0.187. The molecule has 0 atom stereocenters. The van der Waals surface area contributed by atoms with E-state index in [0.29, 0.717) is 24.3 Å². The highest BCUT2D eigenvalue weighted by atomic mass is 16.2. The Balaban J connectivity index is 1.87. The van der Waals surface area contributed by atoms with E-state index in [1.165, 1.54) is 20.3 Å². The lowest BCUT2D eigenvalue weighted by molar-refractivity contribution is -0.116. The van der Waals surface area contributed by atoms with Crippen LogP contribution in [0.3, 0.4) is 0 Å². The van der Waals surface area contributed by atoms with Gasteiger partial charge in [-0.05, 0) is 31.9 Å². The number of carbonyl (C=O) groups excluding carboxylic acids is 3. The second-order valence-electron chi connectivity index (χ2n) is 6.51. The lowest BCUT2D eigenvalue weighted by Gasteiger charge is -2.24. The van der Waals surface area contributed by atoms with Crippen molar-refractivity contribution in [3.05, 3.63) is 29.8 Å². The molecule has 6 heteroatoms. The van der Waals surface area contributed by atoms with E-state index in [9.17, 15) is 14.4 Å². The van der Waals surface area contributed by atoms with Crippen molar-refractivity contribution in [3.63, 3.8) is 0 Å². The van der Waals surface area contributed by atoms with Gasteiger partial charge in [0.1, 0.15) is 0 Å². The molecule has 1 fully saturated rings. The quantitative estimate of drug-likeness (QED) is 0.778. The van der Waals surface area contributed by atoms with Crippen molar-refractivity contribution < 1.29 is 14.4 Å². The first-order valence-corrected chi connectivity index (χ1v) is 8.91. The Labute approximate surface area is 149 Å². The lowest BCUT2D eigenvalue weighted by atomic mass is 9.96. The fraction of sp³-hybridized carbons (Fsp3) is 0.526. The number of hydrogen-bond donors (Lipinski definition) is 2. The number of nitrogens with zero attached hydrogens (tertiary/aromatic N) is 1. The van der Waals surface area contributed by atoms with Gasteiger partial charge in [0.05, 0.1) is 0 Å². The summed E-state index contributed by atoms with van der Waals surface area (Å²) >= 11 is 0. The van der Waals surface area contributed by atoms with Gasteiger partial charge in [0.15, 0.2) is 5.78 Å². The average molecular weight is 345 g/mol. The molecule has 136 valence electrons. The van der Waals surface area contributed by atoms with Crippen LogP contribution in [0.2, 0.25) is 0 Å². The van der Waals surface area contributed by atoms with Crippen LogP contribution in [0.25, 0.3) is 0 Å². The molecule has 1 saturated carbocycles. The van der Waals surface area contributed by atoms with Crippen molar-refractivity contribution in [1.82, 2.24) is 10.6 Å². The first-order valence-electron chi connectivity index (χ1n) is 8.91. The molecule has 6 nitrogen and oxygen atoms in total. The second kappa shape index (κ2) is 9.20. The van der Waals surface area contributed by atoms with Gasteiger partial charge in [0, 0.05) is 37.3 Å². The Hall–Kier alpha value is -2.37. The number of ketones is 1. The van der Waals surface area contributed by atoms with Gasteiger partial charge in [-0.1, -0.05) is 31.4 Å². The van der Waals surface area contributed by atoms with E-state index in [1.54, 1.807) is 29.2 Å². The van der Waals surface area contributed by atoms with Gasteiger partial charge in [-0.15, -0.1) is 0 Å². The highest BCUT2D eigenvalue weighted by Gasteiger charge is 2.16. The van der Waals surface area contributed by atoms with Crippen LogP contribution in [0.5, 0.6) is 0 Å². The van der Waals surface area contributed by atoms with Crippen molar-refractivity contribution in [1.29, 1.82) is 0 Å². The van der Waals surface area contributed by atoms with E-state index >= 15 is 0 Å². The Morgan fingerprint density at radius 2 is 1.84 bits per heavy atom. The molecule has 0 heterocycles. The Kier molecular flexibility index (Phi) is 6.98. The molecule has 0 saturated heterocycles. The summed E-state index contributed by atoms with van der Waals surface area (Å²) in [5.74, 6) is -0.175. The predicted octanol–water partition coefficient (Wildman–Crippen LogP) is 2.87. The summed E-state index contributed by atoms with van der Waals surface area (Å²) in [6.07, 6.45) is 5.63. The summed E-state index contributed by atoms with van der Waals surface area (Å²) in [4.78, 5) is 37.0. The summed E-state index contributed by atoms with van der Waals surface area (Å²) in [6, 6.07) is 7.03. The molecule has 25 heavy (non-hydrogen) atoms. The maximum atomic E-state index is 12.0. The maximum absolute atomic E-state index is 12.0. The van der Waals surface area contributed by atoms with E-state index in [2.05, 4.69) is 10.6 Å². The van der Waals surface area contributed by atoms with Gasteiger partial charge < -0.3 is 15.5 Å². The number of nitrogens with one attached hydrogen (secondary N) is 2. The third kappa shape index (κ3) is 5.89. The molecule has 3 amide bonds. The summed E-state index contributed by atoms with van der Waals surface area (Å²) in [5.41, 5.74) is 1.22. The Bertz CT molecular complexity index is 624. The number of urea groups is 1. The van der Waals surface area contributed by atoms with Crippen LogP contribution in [-0.4, -0.2) is 36.9 Å². The molecule has 0 radical (unpaired) electrons. The zero-order valence-electron chi connectivity index (χ0n) is 15.0. The van der Waals surface area contributed by atoms with Crippen LogP contribution in [-0.2, 0) is 4.79 Å². The van der Waals surface area contributed by atoms with E-state index < -0.39 is 0 Å². The minimum Gasteiger partial charge on any atom is -0.336 e. The average Bonchev–Trinajstić information content (AvgIpc) is 2.59. The third-order valence-electron chi connectivity index (χ3n) is 4.51. The van der Waals surface area contributed by atoms with E-state index in [-0.39, 0.29) is 23.8 Å². The fourth-order valence-corrected chi connectivity index (χ4v) is 3.13. The van der Waals surface area contributed by atoms with Crippen LogP contribution in [0.1, 0.15) is 56.3 Å². The van der Waals surface area contributed by atoms with Gasteiger partial charge >= 0.3 is 6.03 Å². The number of rotatable bonds is 6.